The van der Waals surface area contributed by atoms with Gasteiger partial charge < -0.3 is 15.2 Å². The van der Waals surface area contributed by atoms with Gasteiger partial charge in [0.1, 0.15) is 18.1 Å². The standard InChI is InChI=1S/C24H25ClN8O2/c1-24(17-8-9-17,16-6-4-14(5-7-16)20-21(25)29-18(26)11-27-20)23-30-22(35-31-23)15-10-28-33(12-15)13-19(34)32(2)3/h4-7,10-12,17H,8-9,13H2,1-3H3,(H2,26,29). The smallest absolute Gasteiger partial charge is 0.261 e. The van der Waals surface area contributed by atoms with Gasteiger partial charge in [-0.25, -0.2) is 9.97 Å². The summed E-state index contributed by atoms with van der Waals surface area (Å²) in [5.41, 5.74) is 8.40. The van der Waals surface area contributed by atoms with Crippen LogP contribution < -0.4 is 5.73 Å². The van der Waals surface area contributed by atoms with Gasteiger partial charge in [-0.1, -0.05) is 41.0 Å². The van der Waals surface area contributed by atoms with E-state index in [1.807, 2.05) is 24.3 Å². The number of nitrogens with two attached hydrogens (primary N) is 1. The number of aromatic nitrogens is 6. The molecule has 1 fully saturated rings. The first kappa shape index (κ1) is 23.0. The molecule has 0 bridgehead atoms. The van der Waals surface area contributed by atoms with Gasteiger partial charge in [0, 0.05) is 25.9 Å². The highest BCUT2D eigenvalue weighted by Gasteiger charge is 2.47. The number of hydrogen-bond donors (Lipinski definition) is 1. The first-order valence-corrected chi connectivity index (χ1v) is 11.6. The van der Waals surface area contributed by atoms with E-state index in [1.165, 1.54) is 11.1 Å². The Morgan fingerprint density at radius 2 is 1.94 bits per heavy atom. The molecule has 5 rings (SSSR count). The molecule has 10 nitrogen and oxygen atoms in total. The molecule has 0 saturated heterocycles. The number of carbonyl (C=O) groups excluding carboxylic acids is 1. The van der Waals surface area contributed by atoms with Crippen molar-refractivity contribution >= 4 is 23.3 Å². The van der Waals surface area contributed by atoms with Gasteiger partial charge in [0.2, 0.25) is 5.91 Å². The fraction of sp³-hybridized carbons (Fsp3) is 0.333. The third-order valence-corrected chi connectivity index (χ3v) is 6.73. The van der Waals surface area contributed by atoms with E-state index in [2.05, 4.69) is 27.1 Å². The Balaban J connectivity index is 1.42. The quantitative estimate of drug-likeness (QED) is 0.415. The van der Waals surface area contributed by atoms with E-state index >= 15 is 0 Å². The lowest BCUT2D eigenvalue weighted by Crippen LogP contribution is -2.28. The zero-order valence-corrected chi connectivity index (χ0v) is 20.4. The highest BCUT2D eigenvalue weighted by Crippen LogP contribution is 2.50. The van der Waals surface area contributed by atoms with Crippen LogP contribution in [0, 0.1) is 5.92 Å². The largest absolute Gasteiger partial charge is 0.382 e. The van der Waals surface area contributed by atoms with Crippen molar-refractivity contribution in [2.45, 2.75) is 31.7 Å². The summed E-state index contributed by atoms with van der Waals surface area (Å²) < 4.78 is 7.19. The molecule has 0 spiro atoms. The lowest BCUT2D eigenvalue weighted by molar-refractivity contribution is -0.129. The van der Waals surface area contributed by atoms with Crippen LogP contribution in [0.15, 0.2) is 47.4 Å². The molecular weight excluding hydrogens is 468 g/mol. The minimum absolute atomic E-state index is 0.0538. The first-order chi connectivity index (χ1) is 16.8. The van der Waals surface area contributed by atoms with Gasteiger partial charge in [0.25, 0.3) is 5.89 Å². The summed E-state index contributed by atoms with van der Waals surface area (Å²) in [6, 6.07) is 8.02. The third-order valence-electron chi connectivity index (χ3n) is 6.47. The summed E-state index contributed by atoms with van der Waals surface area (Å²) >= 11 is 6.24. The van der Waals surface area contributed by atoms with Gasteiger partial charge in [-0.15, -0.1) is 0 Å². The zero-order chi connectivity index (χ0) is 24.7. The summed E-state index contributed by atoms with van der Waals surface area (Å²) in [6.45, 7) is 2.28. The van der Waals surface area contributed by atoms with Crippen molar-refractivity contribution in [2.75, 3.05) is 19.8 Å². The number of likely N-dealkylation sites (N-methyl/N-ethyl adjacent to an activating group) is 1. The maximum atomic E-state index is 12.0. The van der Waals surface area contributed by atoms with Gasteiger partial charge in [-0.05, 0) is 31.2 Å². The van der Waals surface area contributed by atoms with Crippen molar-refractivity contribution in [3.8, 4) is 22.7 Å². The number of nitrogen functional groups attached to an aromatic ring is 1. The minimum Gasteiger partial charge on any atom is -0.382 e. The Hall–Kier alpha value is -3.79. The number of hydrogen-bond acceptors (Lipinski definition) is 8. The summed E-state index contributed by atoms with van der Waals surface area (Å²) in [7, 11) is 3.42. The van der Waals surface area contributed by atoms with Crippen LogP contribution in [-0.2, 0) is 16.8 Å². The van der Waals surface area contributed by atoms with Crippen molar-refractivity contribution in [3.63, 3.8) is 0 Å². The van der Waals surface area contributed by atoms with Crippen molar-refractivity contribution in [3.05, 3.63) is 59.4 Å². The summed E-state index contributed by atoms with van der Waals surface area (Å²) in [4.78, 5) is 26.6. The Labute approximate surface area is 207 Å². The van der Waals surface area contributed by atoms with E-state index < -0.39 is 5.41 Å². The van der Waals surface area contributed by atoms with Gasteiger partial charge >= 0.3 is 0 Å². The van der Waals surface area contributed by atoms with Gasteiger partial charge in [0.05, 0.1) is 23.4 Å². The summed E-state index contributed by atoms with van der Waals surface area (Å²) in [5.74, 6) is 1.61. The fourth-order valence-corrected chi connectivity index (χ4v) is 4.40. The van der Waals surface area contributed by atoms with Gasteiger partial charge in [-0.2, -0.15) is 10.1 Å². The number of rotatable bonds is 7. The molecule has 1 unspecified atom stereocenters. The number of carbonyl (C=O) groups is 1. The maximum absolute atomic E-state index is 12.0. The zero-order valence-electron chi connectivity index (χ0n) is 19.6. The predicted molar refractivity (Wildman–Crippen MR) is 130 cm³/mol. The highest BCUT2D eigenvalue weighted by atomic mass is 35.5. The monoisotopic (exact) mass is 492 g/mol. The molecule has 1 aromatic carbocycles. The molecule has 1 aliphatic carbocycles. The SMILES string of the molecule is CN(C)C(=O)Cn1cc(-c2nc(C(C)(c3ccc(-c4ncc(N)nc4Cl)cc3)C3CC3)no2)cn1. The Morgan fingerprint density at radius 1 is 1.20 bits per heavy atom. The second-order valence-electron chi connectivity index (χ2n) is 9.13. The highest BCUT2D eigenvalue weighted by molar-refractivity contribution is 6.31. The molecule has 3 heterocycles. The predicted octanol–water partition coefficient (Wildman–Crippen LogP) is 3.43. The van der Waals surface area contributed by atoms with Crippen LogP contribution in [0.3, 0.4) is 0 Å². The number of anilines is 1. The van der Waals surface area contributed by atoms with Gasteiger partial charge in [-0.3, -0.25) is 9.48 Å². The van der Waals surface area contributed by atoms with Crippen LogP contribution in [-0.4, -0.2) is 54.8 Å². The van der Waals surface area contributed by atoms with E-state index in [1.54, 1.807) is 31.2 Å². The minimum atomic E-state index is -0.423. The second-order valence-corrected chi connectivity index (χ2v) is 9.48. The maximum Gasteiger partial charge on any atom is 0.261 e. The molecule has 35 heavy (non-hydrogen) atoms. The van der Waals surface area contributed by atoms with Crippen LogP contribution in [0.5, 0.6) is 0 Å². The molecule has 3 aromatic heterocycles. The second kappa shape index (κ2) is 8.77. The van der Waals surface area contributed by atoms with Crippen molar-refractivity contribution in [2.24, 2.45) is 5.92 Å². The summed E-state index contributed by atoms with van der Waals surface area (Å²) in [6.07, 6.45) is 7.02. The molecule has 180 valence electrons. The average Bonchev–Trinajstić information content (AvgIpc) is 3.39. The molecule has 0 aliphatic heterocycles. The lowest BCUT2D eigenvalue weighted by atomic mass is 9.77. The van der Waals surface area contributed by atoms with Crippen LogP contribution in [0.4, 0.5) is 5.82 Å². The number of benzene rings is 1. The van der Waals surface area contributed by atoms with E-state index in [9.17, 15) is 4.79 Å². The Kier molecular flexibility index (Phi) is 5.76. The normalized spacial score (nSPS) is 15.1. The van der Waals surface area contributed by atoms with E-state index in [4.69, 9.17) is 26.8 Å². The molecule has 2 N–H and O–H groups in total. The molecule has 1 amide bonds. The molecule has 11 heteroatoms. The van der Waals surface area contributed by atoms with Gasteiger partial charge in [0.15, 0.2) is 11.0 Å². The van der Waals surface area contributed by atoms with Crippen molar-refractivity contribution < 1.29 is 9.32 Å². The number of nitrogens with zero attached hydrogens (tertiary/aromatic N) is 7. The van der Waals surface area contributed by atoms with E-state index in [0.29, 0.717) is 28.9 Å². The fourth-order valence-electron chi connectivity index (χ4n) is 4.15. The Bertz CT molecular complexity index is 1380. The van der Waals surface area contributed by atoms with E-state index in [0.717, 1.165) is 24.0 Å². The van der Waals surface area contributed by atoms with E-state index in [-0.39, 0.29) is 23.4 Å². The van der Waals surface area contributed by atoms with Crippen molar-refractivity contribution in [1.29, 1.82) is 0 Å². The first-order valence-electron chi connectivity index (χ1n) is 11.2. The average molecular weight is 493 g/mol. The molecule has 1 saturated carbocycles. The molecular formula is C24H25ClN8O2. The summed E-state index contributed by atoms with van der Waals surface area (Å²) in [5, 5.41) is 8.87. The molecule has 1 atom stereocenters. The molecule has 4 aromatic rings. The van der Waals surface area contributed by atoms with Crippen LogP contribution in [0.2, 0.25) is 5.15 Å². The van der Waals surface area contributed by atoms with Crippen LogP contribution >= 0.6 is 11.6 Å². The molecule has 0 radical (unpaired) electrons. The topological polar surface area (TPSA) is 129 Å². The number of halogens is 1. The lowest BCUT2D eigenvalue weighted by Gasteiger charge is -2.27. The number of amides is 1. The van der Waals surface area contributed by atoms with Crippen LogP contribution in [0.25, 0.3) is 22.7 Å². The Morgan fingerprint density at radius 3 is 2.60 bits per heavy atom. The van der Waals surface area contributed by atoms with Crippen LogP contribution in [0.1, 0.15) is 31.2 Å². The third kappa shape index (κ3) is 4.37. The van der Waals surface area contributed by atoms with Crippen molar-refractivity contribution in [1.82, 2.24) is 34.8 Å². The molecule has 1 aliphatic rings.